The van der Waals surface area contributed by atoms with Crippen LogP contribution in [0.25, 0.3) is 0 Å². The van der Waals surface area contributed by atoms with E-state index in [2.05, 4.69) is 4.72 Å². The normalized spacial score (nSPS) is 19.1. The van der Waals surface area contributed by atoms with Gasteiger partial charge in [-0.25, -0.2) is 13.1 Å². The Morgan fingerprint density at radius 1 is 1.30 bits per heavy atom. The Labute approximate surface area is 138 Å². The number of aryl methyl sites for hydroxylation is 1. The van der Waals surface area contributed by atoms with Crippen molar-refractivity contribution in [2.45, 2.75) is 50.7 Å². The largest absolute Gasteiger partial charge is 0.464 e. The van der Waals surface area contributed by atoms with E-state index in [0.29, 0.717) is 5.76 Å². The van der Waals surface area contributed by atoms with Crippen LogP contribution >= 0.6 is 0 Å². The first-order valence-corrected chi connectivity index (χ1v) is 9.71. The molecular weight excluding hydrogens is 318 g/mol. The van der Waals surface area contributed by atoms with Gasteiger partial charge in [-0.15, -0.1) is 0 Å². The lowest BCUT2D eigenvalue weighted by Gasteiger charge is -2.28. The van der Waals surface area contributed by atoms with Crippen molar-refractivity contribution in [1.82, 2.24) is 4.72 Å². The Morgan fingerprint density at radius 3 is 2.52 bits per heavy atom. The molecule has 132 valence electrons. The molecule has 1 saturated carbocycles. The van der Waals surface area contributed by atoms with Crippen molar-refractivity contribution in [1.29, 1.82) is 0 Å². The molecule has 0 spiro atoms. The van der Waals surface area contributed by atoms with Crippen molar-refractivity contribution in [3.05, 3.63) is 23.7 Å². The summed E-state index contributed by atoms with van der Waals surface area (Å²) in [5, 5.41) is 0. The van der Waals surface area contributed by atoms with Gasteiger partial charge in [0.25, 0.3) is 0 Å². The molecular formula is C16H27NO5S. The summed E-state index contributed by atoms with van der Waals surface area (Å²) < 4.78 is 44.3. The summed E-state index contributed by atoms with van der Waals surface area (Å²) in [6.07, 6.45) is 4.32. The van der Waals surface area contributed by atoms with Crippen LogP contribution in [0, 0.1) is 0 Å². The van der Waals surface area contributed by atoms with E-state index in [1.54, 1.807) is 20.3 Å². The van der Waals surface area contributed by atoms with Gasteiger partial charge in [0.05, 0.1) is 18.0 Å². The number of sulfonamides is 1. The number of methoxy groups -OCH3 is 2. The molecule has 0 bridgehead atoms. The minimum Gasteiger partial charge on any atom is -0.464 e. The van der Waals surface area contributed by atoms with Gasteiger partial charge in [-0.1, -0.05) is 19.8 Å². The number of hydrogen-bond acceptors (Lipinski definition) is 5. The first kappa shape index (κ1) is 18.4. The fourth-order valence-electron chi connectivity index (χ4n) is 3.14. The zero-order chi connectivity index (χ0) is 16.9. The molecule has 0 aromatic carbocycles. The summed E-state index contributed by atoms with van der Waals surface area (Å²) in [4.78, 5) is 0. The van der Waals surface area contributed by atoms with E-state index in [4.69, 9.17) is 13.9 Å². The average molecular weight is 345 g/mol. The van der Waals surface area contributed by atoms with E-state index in [0.717, 1.165) is 37.9 Å². The lowest BCUT2D eigenvalue weighted by Crippen LogP contribution is -2.43. The van der Waals surface area contributed by atoms with E-state index in [9.17, 15) is 8.42 Å². The Hall–Kier alpha value is -0.890. The molecule has 6 nitrogen and oxygen atoms in total. The molecule has 1 fully saturated rings. The fraction of sp³-hybridized carbons (Fsp3) is 0.750. The van der Waals surface area contributed by atoms with Crippen LogP contribution < -0.4 is 4.72 Å². The molecule has 1 atom stereocenters. The second-order valence-corrected chi connectivity index (χ2v) is 7.89. The molecule has 1 aromatic heterocycles. The quantitative estimate of drug-likeness (QED) is 0.743. The Kier molecular flexibility index (Phi) is 6.25. The van der Waals surface area contributed by atoms with E-state index in [1.165, 1.54) is 0 Å². The van der Waals surface area contributed by atoms with Gasteiger partial charge in [0.1, 0.15) is 17.6 Å². The summed E-state index contributed by atoms with van der Waals surface area (Å²) in [5.41, 5.74) is -0.568. The van der Waals surface area contributed by atoms with Crippen LogP contribution in [0.2, 0.25) is 0 Å². The highest BCUT2D eigenvalue weighted by Crippen LogP contribution is 2.34. The van der Waals surface area contributed by atoms with Crippen molar-refractivity contribution in [2.75, 3.05) is 26.6 Å². The number of hydrogen-bond donors (Lipinski definition) is 1. The van der Waals surface area contributed by atoms with Gasteiger partial charge < -0.3 is 13.9 Å². The maximum absolute atomic E-state index is 12.6. The predicted octanol–water partition coefficient (Wildman–Crippen LogP) is 2.41. The zero-order valence-corrected chi connectivity index (χ0v) is 14.9. The monoisotopic (exact) mass is 345 g/mol. The highest BCUT2D eigenvalue weighted by atomic mass is 32.2. The van der Waals surface area contributed by atoms with Gasteiger partial charge >= 0.3 is 0 Å². The van der Waals surface area contributed by atoms with Crippen molar-refractivity contribution >= 4 is 10.0 Å². The van der Waals surface area contributed by atoms with Crippen molar-refractivity contribution in [2.24, 2.45) is 0 Å². The smallest absolute Gasteiger partial charge is 0.215 e. The molecule has 1 aliphatic rings. The number of nitrogens with one attached hydrogen (secondary N) is 1. The van der Waals surface area contributed by atoms with Crippen molar-refractivity contribution in [3.63, 3.8) is 0 Å². The van der Waals surface area contributed by atoms with Gasteiger partial charge in [-0.05, 0) is 25.0 Å². The summed E-state index contributed by atoms with van der Waals surface area (Å²) in [5.74, 6) is 1.37. The second kappa shape index (κ2) is 7.79. The molecule has 0 radical (unpaired) electrons. The van der Waals surface area contributed by atoms with Gasteiger partial charge in [0.2, 0.25) is 10.0 Å². The van der Waals surface area contributed by atoms with Crippen molar-refractivity contribution < 1.29 is 22.3 Å². The average Bonchev–Trinajstić information content (AvgIpc) is 3.15. The Morgan fingerprint density at radius 2 is 2.00 bits per heavy atom. The van der Waals surface area contributed by atoms with Crippen LogP contribution in [0.3, 0.4) is 0 Å². The molecule has 2 rings (SSSR count). The lowest BCUT2D eigenvalue weighted by atomic mass is 10.1. The molecule has 1 heterocycles. The summed E-state index contributed by atoms with van der Waals surface area (Å²) in [7, 11) is -0.386. The summed E-state index contributed by atoms with van der Waals surface area (Å²) in [6.45, 7) is 2.20. The third-order valence-electron chi connectivity index (χ3n) is 4.43. The molecule has 0 saturated heterocycles. The molecule has 1 aromatic rings. The molecule has 1 unspecified atom stereocenters. The van der Waals surface area contributed by atoms with E-state index in [1.807, 2.05) is 13.0 Å². The van der Waals surface area contributed by atoms with Crippen LogP contribution in [-0.4, -0.2) is 40.6 Å². The maximum atomic E-state index is 12.6. The number of ether oxygens (including phenoxy) is 2. The minimum absolute atomic E-state index is 0.0297. The fourth-order valence-corrected chi connectivity index (χ4v) is 4.94. The highest BCUT2D eigenvalue weighted by molar-refractivity contribution is 7.89. The summed E-state index contributed by atoms with van der Waals surface area (Å²) in [6, 6.07) is 3.13. The van der Waals surface area contributed by atoms with E-state index >= 15 is 0 Å². The van der Waals surface area contributed by atoms with Crippen molar-refractivity contribution in [3.8, 4) is 0 Å². The number of furan rings is 1. The molecule has 1 N–H and O–H groups in total. The maximum Gasteiger partial charge on any atom is 0.215 e. The van der Waals surface area contributed by atoms with Gasteiger partial charge in [0, 0.05) is 20.6 Å². The first-order valence-electron chi connectivity index (χ1n) is 8.06. The molecule has 1 aliphatic carbocycles. The molecule has 0 aliphatic heterocycles. The first-order chi connectivity index (χ1) is 10.9. The van der Waals surface area contributed by atoms with Crippen LogP contribution in [-0.2, 0) is 25.9 Å². The molecule has 0 amide bonds. The SMILES string of the molecule is CCc1ccc(C(COC)NS(=O)(=O)CC2(OC)CCCC2)o1. The van der Waals surface area contributed by atoms with Crippen LogP contribution in [0.4, 0.5) is 0 Å². The number of rotatable bonds is 9. The van der Waals surface area contributed by atoms with E-state index in [-0.39, 0.29) is 12.4 Å². The standard InChI is InChI=1S/C16H27NO5S/c1-4-13-7-8-15(22-13)14(11-20-2)17-23(18,19)12-16(21-3)9-5-6-10-16/h7-8,14,17H,4-6,9-12H2,1-3H3. The lowest BCUT2D eigenvalue weighted by molar-refractivity contribution is 0.0152. The van der Waals surface area contributed by atoms with Crippen LogP contribution in [0.15, 0.2) is 16.5 Å². The Bertz CT molecular complexity index is 589. The molecule has 7 heteroatoms. The van der Waals surface area contributed by atoms with Crippen LogP contribution in [0.1, 0.15) is 50.2 Å². The van der Waals surface area contributed by atoms with Gasteiger partial charge in [-0.2, -0.15) is 0 Å². The van der Waals surface area contributed by atoms with Crippen LogP contribution in [0.5, 0.6) is 0 Å². The van der Waals surface area contributed by atoms with Gasteiger partial charge in [-0.3, -0.25) is 0 Å². The van der Waals surface area contributed by atoms with E-state index < -0.39 is 21.7 Å². The van der Waals surface area contributed by atoms with Gasteiger partial charge in [0.15, 0.2) is 0 Å². The highest BCUT2D eigenvalue weighted by Gasteiger charge is 2.39. The summed E-state index contributed by atoms with van der Waals surface area (Å²) >= 11 is 0. The third kappa shape index (κ3) is 4.79. The topological polar surface area (TPSA) is 77.8 Å². The Balaban J connectivity index is 2.11. The minimum atomic E-state index is -3.52. The zero-order valence-electron chi connectivity index (χ0n) is 14.1. The second-order valence-electron chi connectivity index (χ2n) is 6.14. The third-order valence-corrected chi connectivity index (χ3v) is 5.98. The predicted molar refractivity (Wildman–Crippen MR) is 87.8 cm³/mol. The molecule has 23 heavy (non-hydrogen) atoms.